The van der Waals surface area contributed by atoms with Gasteiger partial charge in [0, 0.05) is 0 Å². The third kappa shape index (κ3) is 3.30. The van der Waals surface area contributed by atoms with Gasteiger partial charge in [-0.2, -0.15) is 5.26 Å². The number of halogens is 1. The van der Waals surface area contributed by atoms with Crippen molar-refractivity contribution in [2.24, 2.45) is 0 Å². The summed E-state index contributed by atoms with van der Waals surface area (Å²) in [5, 5.41) is 14.3. The lowest BCUT2D eigenvalue weighted by molar-refractivity contribution is -0.134. The van der Waals surface area contributed by atoms with Crippen molar-refractivity contribution in [3.05, 3.63) is 65.5 Å². The predicted molar refractivity (Wildman–Crippen MR) is 98.4 cm³/mol. The van der Waals surface area contributed by atoms with Crippen LogP contribution in [0, 0.1) is 17.1 Å². The smallest absolute Gasteiger partial charge is 0.323 e. The van der Waals surface area contributed by atoms with Gasteiger partial charge < -0.3 is 10.6 Å². The number of carbonyl (C=O) groups excluding carboxylic acids is 3. The number of hydrogen-bond acceptors (Lipinski definition) is 4. The van der Waals surface area contributed by atoms with Crippen molar-refractivity contribution in [3.8, 4) is 6.07 Å². The predicted octanol–water partition coefficient (Wildman–Crippen LogP) is 2.49. The first-order valence-corrected chi connectivity index (χ1v) is 8.60. The quantitative estimate of drug-likeness (QED) is 0.778. The molecule has 0 aromatic heterocycles. The van der Waals surface area contributed by atoms with Gasteiger partial charge in [-0.15, -0.1) is 0 Å². The van der Waals surface area contributed by atoms with E-state index in [0.717, 1.165) is 4.90 Å². The van der Waals surface area contributed by atoms with Crippen molar-refractivity contribution in [3.63, 3.8) is 0 Å². The number of rotatable bonds is 5. The number of benzene rings is 2. The molecule has 142 valence electrons. The van der Waals surface area contributed by atoms with E-state index in [1.165, 1.54) is 24.3 Å². The van der Waals surface area contributed by atoms with Crippen LogP contribution in [0.3, 0.4) is 0 Å². The van der Waals surface area contributed by atoms with Gasteiger partial charge in [-0.3, -0.25) is 14.5 Å². The van der Waals surface area contributed by atoms with E-state index >= 15 is 0 Å². The van der Waals surface area contributed by atoms with Crippen LogP contribution in [0.25, 0.3) is 0 Å². The maximum absolute atomic E-state index is 13.2. The number of nitriles is 1. The van der Waals surface area contributed by atoms with Crippen molar-refractivity contribution in [2.45, 2.75) is 18.9 Å². The second-order valence-electron chi connectivity index (χ2n) is 6.29. The maximum atomic E-state index is 13.2. The normalized spacial score (nSPS) is 18.5. The summed E-state index contributed by atoms with van der Waals surface area (Å²) in [6.45, 7) is 1.21. The average molecular weight is 380 g/mol. The Labute approximate surface area is 160 Å². The maximum Gasteiger partial charge on any atom is 0.325 e. The Morgan fingerprint density at radius 3 is 2.54 bits per heavy atom. The highest BCUT2D eigenvalue weighted by Gasteiger charge is 2.51. The molecule has 7 nitrogen and oxygen atoms in total. The summed E-state index contributed by atoms with van der Waals surface area (Å²) in [6, 6.07) is 12.9. The summed E-state index contributed by atoms with van der Waals surface area (Å²) in [5.41, 5.74) is -0.354. The summed E-state index contributed by atoms with van der Waals surface area (Å²) in [4.78, 5) is 38.6. The van der Waals surface area contributed by atoms with Crippen molar-refractivity contribution >= 4 is 23.5 Å². The molecule has 1 saturated heterocycles. The van der Waals surface area contributed by atoms with E-state index in [1.807, 2.05) is 6.07 Å². The Bertz CT molecular complexity index is 984. The summed E-state index contributed by atoms with van der Waals surface area (Å²) in [7, 11) is 0. The number of hydrogen-bond donors (Lipinski definition) is 2. The molecule has 0 spiro atoms. The van der Waals surface area contributed by atoms with E-state index < -0.39 is 35.7 Å². The zero-order valence-electron chi connectivity index (χ0n) is 15.0. The van der Waals surface area contributed by atoms with Crippen molar-refractivity contribution in [1.29, 1.82) is 5.26 Å². The molecule has 0 aliphatic carbocycles. The number of carbonyl (C=O) groups is 3. The molecule has 1 aliphatic heterocycles. The number of imide groups is 1. The van der Waals surface area contributed by atoms with Crippen LogP contribution >= 0.6 is 0 Å². The van der Waals surface area contributed by atoms with Crippen molar-refractivity contribution in [2.75, 3.05) is 11.9 Å². The molecular formula is C20H17FN4O3. The Morgan fingerprint density at radius 1 is 1.21 bits per heavy atom. The van der Waals surface area contributed by atoms with Crippen molar-refractivity contribution < 1.29 is 18.8 Å². The lowest BCUT2D eigenvalue weighted by Crippen LogP contribution is -2.44. The van der Waals surface area contributed by atoms with E-state index in [0.29, 0.717) is 11.3 Å². The SMILES string of the molecule is CC[C@@]1(c2ccc(F)cc2)NC(=O)N(CC(=O)Nc2ccccc2C#N)C1=O. The average Bonchev–Trinajstić information content (AvgIpc) is 2.94. The van der Waals surface area contributed by atoms with Crippen LogP contribution in [0.1, 0.15) is 24.5 Å². The minimum Gasteiger partial charge on any atom is -0.323 e. The van der Waals surface area contributed by atoms with Crippen LogP contribution in [-0.2, 0) is 15.1 Å². The third-order valence-corrected chi connectivity index (χ3v) is 4.67. The molecule has 4 amide bonds. The summed E-state index contributed by atoms with van der Waals surface area (Å²) in [6.07, 6.45) is 0.235. The standard InChI is InChI=1S/C20H17FN4O3/c1-2-20(14-7-9-15(21)10-8-14)18(27)25(19(28)24-20)12-17(26)23-16-6-4-3-5-13(16)11-22/h3-10H,2,12H2,1H3,(H,23,26)(H,24,28)/t20-/m0/s1. The minimum atomic E-state index is -1.35. The lowest BCUT2D eigenvalue weighted by Gasteiger charge is -2.25. The highest BCUT2D eigenvalue weighted by atomic mass is 19.1. The molecule has 0 radical (unpaired) electrons. The van der Waals surface area contributed by atoms with Gasteiger partial charge in [-0.1, -0.05) is 31.2 Å². The molecule has 1 aliphatic rings. The van der Waals surface area contributed by atoms with Gasteiger partial charge in [0.15, 0.2) is 0 Å². The minimum absolute atomic E-state index is 0.235. The molecule has 0 bridgehead atoms. The van der Waals surface area contributed by atoms with Gasteiger partial charge in [-0.05, 0) is 36.2 Å². The molecule has 2 aromatic rings. The summed E-state index contributed by atoms with van der Waals surface area (Å²) in [5.74, 6) is -1.66. The second kappa shape index (κ2) is 7.48. The van der Waals surface area contributed by atoms with Crippen LogP contribution in [0.2, 0.25) is 0 Å². The Kier molecular flexibility index (Phi) is 5.09. The summed E-state index contributed by atoms with van der Waals surface area (Å²) < 4.78 is 13.2. The zero-order chi connectivity index (χ0) is 20.3. The monoisotopic (exact) mass is 380 g/mol. The molecule has 0 saturated carbocycles. The van der Waals surface area contributed by atoms with Gasteiger partial charge in [0.1, 0.15) is 24.0 Å². The van der Waals surface area contributed by atoms with Gasteiger partial charge in [-0.25, -0.2) is 9.18 Å². The van der Waals surface area contributed by atoms with Gasteiger partial charge in [0.2, 0.25) is 5.91 Å². The number of urea groups is 1. The fraction of sp³-hybridized carbons (Fsp3) is 0.200. The van der Waals surface area contributed by atoms with Crippen LogP contribution in [-0.4, -0.2) is 29.3 Å². The van der Waals surface area contributed by atoms with E-state index in [1.54, 1.807) is 31.2 Å². The molecule has 1 heterocycles. The molecule has 3 rings (SSSR count). The Morgan fingerprint density at radius 2 is 1.89 bits per heavy atom. The Balaban J connectivity index is 1.80. The van der Waals surface area contributed by atoms with Crippen LogP contribution in [0.15, 0.2) is 48.5 Å². The highest BCUT2D eigenvalue weighted by molar-refractivity contribution is 6.10. The molecule has 2 N–H and O–H groups in total. The van der Waals surface area contributed by atoms with Gasteiger partial charge >= 0.3 is 6.03 Å². The molecule has 28 heavy (non-hydrogen) atoms. The van der Waals surface area contributed by atoms with Crippen LogP contribution < -0.4 is 10.6 Å². The molecule has 2 aromatic carbocycles. The van der Waals surface area contributed by atoms with E-state index in [4.69, 9.17) is 5.26 Å². The molecule has 0 unspecified atom stereocenters. The lowest BCUT2D eigenvalue weighted by atomic mass is 9.87. The highest BCUT2D eigenvalue weighted by Crippen LogP contribution is 2.32. The zero-order valence-corrected chi connectivity index (χ0v) is 15.0. The number of amides is 4. The van der Waals surface area contributed by atoms with E-state index in [-0.39, 0.29) is 12.0 Å². The van der Waals surface area contributed by atoms with E-state index in [9.17, 15) is 18.8 Å². The number of nitrogens with one attached hydrogen (secondary N) is 2. The summed E-state index contributed by atoms with van der Waals surface area (Å²) >= 11 is 0. The first-order chi connectivity index (χ1) is 13.4. The second-order valence-corrected chi connectivity index (χ2v) is 6.29. The topological polar surface area (TPSA) is 102 Å². The fourth-order valence-electron chi connectivity index (χ4n) is 3.17. The first-order valence-electron chi connectivity index (χ1n) is 8.60. The number of anilines is 1. The number of para-hydroxylation sites is 1. The van der Waals surface area contributed by atoms with Crippen LogP contribution in [0.4, 0.5) is 14.9 Å². The molecular weight excluding hydrogens is 363 g/mol. The third-order valence-electron chi connectivity index (χ3n) is 4.67. The van der Waals surface area contributed by atoms with E-state index in [2.05, 4.69) is 10.6 Å². The Hall–Kier alpha value is -3.73. The molecule has 1 fully saturated rings. The van der Waals surface area contributed by atoms with Crippen LogP contribution in [0.5, 0.6) is 0 Å². The number of nitrogens with zero attached hydrogens (tertiary/aromatic N) is 2. The fourth-order valence-corrected chi connectivity index (χ4v) is 3.17. The molecule has 8 heteroatoms. The molecule has 1 atom stereocenters. The van der Waals surface area contributed by atoms with Crippen molar-refractivity contribution in [1.82, 2.24) is 10.2 Å². The van der Waals surface area contributed by atoms with Gasteiger partial charge in [0.25, 0.3) is 5.91 Å². The van der Waals surface area contributed by atoms with Gasteiger partial charge in [0.05, 0.1) is 11.3 Å². The largest absolute Gasteiger partial charge is 0.325 e. The first kappa shape index (κ1) is 19.0.